The molecule has 3 aromatic carbocycles. The summed E-state index contributed by atoms with van der Waals surface area (Å²) in [6.45, 7) is 6.30. The number of nitrogens with one attached hydrogen (secondary N) is 1. The summed E-state index contributed by atoms with van der Waals surface area (Å²) in [6, 6.07) is 27.3. The molecule has 0 radical (unpaired) electrons. The third-order valence-electron chi connectivity index (χ3n) is 5.66. The maximum atomic E-state index is 14.6. The third-order valence-corrected chi connectivity index (χ3v) is 8.35. The minimum atomic E-state index is -3.09. The number of methoxy groups -OCH3 is 1. The SMILES string of the molecule is C=C[C@@H](CCCC)[C@H](NP(=O)(c1ccccc1)c1ccccc1)c1ccc(OC)cc1. The van der Waals surface area contributed by atoms with E-state index in [9.17, 15) is 4.57 Å². The molecule has 0 fully saturated rings. The van der Waals surface area contributed by atoms with Crippen LogP contribution in [-0.4, -0.2) is 7.11 Å². The van der Waals surface area contributed by atoms with Crippen LogP contribution in [0.2, 0.25) is 0 Å². The highest BCUT2D eigenvalue weighted by Gasteiger charge is 2.33. The molecular weight excluding hydrogens is 401 g/mol. The van der Waals surface area contributed by atoms with Crippen molar-refractivity contribution in [3.8, 4) is 5.75 Å². The van der Waals surface area contributed by atoms with E-state index in [-0.39, 0.29) is 12.0 Å². The van der Waals surface area contributed by atoms with Gasteiger partial charge in [0.1, 0.15) is 5.75 Å². The van der Waals surface area contributed by atoms with Gasteiger partial charge >= 0.3 is 0 Å². The average molecular weight is 434 g/mol. The second-order valence-electron chi connectivity index (χ2n) is 7.70. The van der Waals surface area contributed by atoms with Gasteiger partial charge in [0.15, 0.2) is 0 Å². The standard InChI is InChI=1S/C27H32NO2P/c1-4-6-13-22(5-2)27(23-18-20-24(30-3)21-19-23)28-31(29,25-14-9-7-10-15-25)26-16-11-8-12-17-26/h5,7-12,14-22,27H,2,4,6,13H2,1,3H3,(H,28,29)/t22-,27-/m0/s1. The summed E-state index contributed by atoms with van der Waals surface area (Å²) in [4.78, 5) is 0. The molecule has 0 saturated heterocycles. The molecule has 0 aliphatic rings. The van der Waals surface area contributed by atoms with Gasteiger partial charge in [-0.1, -0.05) is 74.4 Å². The lowest BCUT2D eigenvalue weighted by molar-refractivity contribution is 0.412. The van der Waals surface area contributed by atoms with Crippen LogP contribution in [0.25, 0.3) is 0 Å². The Bertz CT molecular complexity index is 943. The number of hydrogen-bond donors (Lipinski definition) is 1. The number of hydrogen-bond acceptors (Lipinski definition) is 2. The predicted molar refractivity (Wildman–Crippen MR) is 132 cm³/mol. The molecule has 0 heterocycles. The highest BCUT2D eigenvalue weighted by atomic mass is 31.2. The highest BCUT2D eigenvalue weighted by Crippen LogP contribution is 2.44. The predicted octanol–water partition coefficient (Wildman–Crippen LogP) is 6.25. The Morgan fingerprint density at radius 1 is 0.935 bits per heavy atom. The monoisotopic (exact) mass is 433 g/mol. The molecule has 1 N–H and O–H groups in total. The van der Waals surface area contributed by atoms with Crippen molar-refractivity contribution in [2.75, 3.05) is 7.11 Å². The zero-order chi connectivity index (χ0) is 22.1. The largest absolute Gasteiger partial charge is 0.497 e. The molecule has 2 atom stereocenters. The maximum absolute atomic E-state index is 14.6. The molecule has 0 amide bonds. The molecule has 0 spiro atoms. The van der Waals surface area contributed by atoms with Gasteiger partial charge in [0.05, 0.1) is 7.11 Å². The number of ether oxygens (including phenoxy) is 1. The van der Waals surface area contributed by atoms with Gasteiger partial charge in [0.2, 0.25) is 7.29 Å². The summed E-state index contributed by atoms with van der Waals surface area (Å²) in [5.41, 5.74) is 1.08. The molecule has 0 aliphatic heterocycles. The topological polar surface area (TPSA) is 38.3 Å². The van der Waals surface area contributed by atoms with Crippen LogP contribution >= 0.6 is 7.29 Å². The molecule has 162 valence electrons. The zero-order valence-electron chi connectivity index (χ0n) is 18.4. The first kappa shape index (κ1) is 23.1. The van der Waals surface area contributed by atoms with Crippen LogP contribution in [0.15, 0.2) is 97.6 Å². The van der Waals surface area contributed by atoms with Gasteiger partial charge in [0, 0.05) is 16.7 Å². The molecule has 0 saturated carbocycles. The maximum Gasteiger partial charge on any atom is 0.205 e. The van der Waals surface area contributed by atoms with E-state index in [4.69, 9.17) is 4.74 Å². The van der Waals surface area contributed by atoms with Crippen molar-refractivity contribution in [3.63, 3.8) is 0 Å². The van der Waals surface area contributed by atoms with Gasteiger partial charge < -0.3 is 4.74 Å². The summed E-state index contributed by atoms with van der Waals surface area (Å²) in [5, 5.41) is 5.23. The van der Waals surface area contributed by atoms with Crippen molar-refractivity contribution in [2.24, 2.45) is 5.92 Å². The number of benzene rings is 3. The second kappa shape index (κ2) is 11.1. The van der Waals surface area contributed by atoms with Gasteiger partial charge in [-0.05, 0) is 54.3 Å². The van der Waals surface area contributed by atoms with E-state index >= 15 is 0 Å². The Morgan fingerprint density at radius 3 is 1.94 bits per heavy atom. The first-order chi connectivity index (χ1) is 15.1. The van der Waals surface area contributed by atoms with Crippen molar-refractivity contribution < 1.29 is 9.30 Å². The normalized spacial score (nSPS) is 13.4. The quantitative estimate of drug-likeness (QED) is 0.287. The minimum absolute atomic E-state index is 0.138. The van der Waals surface area contributed by atoms with Crippen LogP contribution in [0.4, 0.5) is 0 Å². The van der Waals surface area contributed by atoms with Crippen LogP contribution in [0.3, 0.4) is 0 Å². The fourth-order valence-electron chi connectivity index (χ4n) is 3.86. The third kappa shape index (κ3) is 5.55. The fraction of sp³-hybridized carbons (Fsp3) is 0.259. The molecule has 31 heavy (non-hydrogen) atoms. The summed E-state index contributed by atoms with van der Waals surface area (Å²) in [5.74, 6) is 0.953. The molecule has 3 nitrogen and oxygen atoms in total. The van der Waals surface area contributed by atoms with E-state index in [1.807, 2.05) is 78.9 Å². The lowest BCUT2D eigenvalue weighted by Crippen LogP contribution is -2.33. The first-order valence-corrected chi connectivity index (χ1v) is 12.6. The Morgan fingerprint density at radius 2 is 1.48 bits per heavy atom. The second-order valence-corrected chi connectivity index (χ2v) is 10.2. The van der Waals surface area contributed by atoms with Crippen molar-refractivity contribution in [1.82, 2.24) is 5.09 Å². The molecule has 3 rings (SSSR count). The van der Waals surface area contributed by atoms with Crippen LogP contribution in [-0.2, 0) is 4.57 Å². The zero-order valence-corrected chi connectivity index (χ0v) is 19.3. The Labute approximate surface area is 186 Å². The lowest BCUT2D eigenvalue weighted by atomic mass is 9.89. The first-order valence-electron chi connectivity index (χ1n) is 10.9. The number of rotatable bonds is 11. The van der Waals surface area contributed by atoms with Gasteiger partial charge in [-0.25, -0.2) is 0 Å². The van der Waals surface area contributed by atoms with E-state index in [0.717, 1.165) is 41.2 Å². The van der Waals surface area contributed by atoms with Gasteiger partial charge in [-0.3, -0.25) is 9.65 Å². The minimum Gasteiger partial charge on any atom is -0.497 e. The molecule has 0 bridgehead atoms. The van der Waals surface area contributed by atoms with E-state index in [0.29, 0.717) is 0 Å². The summed E-state index contributed by atoms with van der Waals surface area (Å²) in [6.07, 6.45) is 5.17. The average Bonchev–Trinajstić information content (AvgIpc) is 2.84. The Balaban J connectivity index is 2.09. The summed E-state index contributed by atoms with van der Waals surface area (Å²) < 4.78 is 20.0. The van der Waals surface area contributed by atoms with Gasteiger partial charge in [-0.15, -0.1) is 6.58 Å². The van der Waals surface area contributed by atoms with Crippen molar-refractivity contribution in [2.45, 2.75) is 32.2 Å². The van der Waals surface area contributed by atoms with E-state index in [1.54, 1.807) is 7.11 Å². The molecule has 3 aromatic rings. The summed E-state index contributed by atoms with van der Waals surface area (Å²) in [7, 11) is -1.43. The van der Waals surface area contributed by atoms with E-state index in [1.165, 1.54) is 0 Å². The van der Waals surface area contributed by atoms with Gasteiger partial charge in [-0.2, -0.15) is 0 Å². The van der Waals surface area contributed by atoms with Crippen molar-refractivity contribution in [3.05, 3.63) is 103 Å². The molecule has 0 unspecified atom stereocenters. The van der Waals surface area contributed by atoms with E-state index in [2.05, 4.69) is 30.7 Å². The van der Waals surface area contributed by atoms with Crippen molar-refractivity contribution in [1.29, 1.82) is 0 Å². The Hall–Kier alpha value is -2.61. The molecular formula is C27H32NO2P. The molecule has 4 heteroatoms. The summed E-state index contributed by atoms with van der Waals surface area (Å²) >= 11 is 0. The van der Waals surface area contributed by atoms with Gasteiger partial charge in [0.25, 0.3) is 0 Å². The van der Waals surface area contributed by atoms with Crippen LogP contribution in [0.1, 0.15) is 37.8 Å². The van der Waals surface area contributed by atoms with Crippen LogP contribution < -0.4 is 20.4 Å². The molecule has 0 aromatic heterocycles. The van der Waals surface area contributed by atoms with E-state index < -0.39 is 7.29 Å². The Kier molecular flexibility index (Phi) is 8.28. The number of unbranched alkanes of at least 4 members (excludes halogenated alkanes) is 1. The smallest absolute Gasteiger partial charge is 0.205 e. The lowest BCUT2D eigenvalue weighted by Gasteiger charge is -2.32. The van der Waals surface area contributed by atoms with Crippen LogP contribution in [0, 0.1) is 5.92 Å². The fourth-order valence-corrected chi connectivity index (χ4v) is 6.37. The van der Waals surface area contributed by atoms with Crippen LogP contribution in [0.5, 0.6) is 5.75 Å². The highest BCUT2D eigenvalue weighted by molar-refractivity contribution is 7.76. The van der Waals surface area contributed by atoms with Crippen molar-refractivity contribution >= 4 is 17.9 Å². The molecule has 0 aliphatic carbocycles.